The zero-order valence-corrected chi connectivity index (χ0v) is 10.8. The number of nitrogens with one attached hydrogen (secondary N) is 1. The van der Waals surface area contributed by atoms with Gasteiger partial charge in [-0.05, 0) is 11.8 Å². The average molecular weight is 243 g/mol. The van der Waals surface area contributed by atoms with Crippen LogP contribution >= 0.6 is 0 Å². The van der Waals surface area contributed by atoms with Gasteiger partial charge in [0, 0.05) is 13.7 Å². The highest BCUT2D eigenvalue weighted by Gasteiger charge is 2.48. The smallest absolute Gasteiger partial charge is 0.307 e. The largest absolute Gasteiger partial charge is 0.481 e. The molecule has 0 unspecified atom stereocenters. The van der Waals surface area contributed by atoms with Gasteiger partial charge in [0.1, 0.15) is 0 Å². The maximum Gasteiger partial charge on any atom is 0.307 e. The van der Waals surface area contributed by atoms with Gasteiger partial charge < -0.3 is 15.2 Å². The van der Waals surface area contributed by atoms with Gasteiger partial charge in [0.05, 0.1) is 17.9 Å². The summed E-state index contributed by atoms with van der Waals surface area (Å²) >= 11 is 0. The molecule has 2 N–H and O–H groups in total. The number of carboxylic acid groups (broad SMARTS) is 1. The third-order valence-corrected chi connectivity index (χ3v) is 3.16. The molecule has 3 atom stereocenters. The molecule has 0 aromatic rings. The number of carbonyl (C=O) groups excluding carboxylic acids is 1. The second-order valence-electron chi connectivity index (χ2n) is 5.62. The van der Waals surface area contributed by atoms with Crippen LogP contribution in [0.15, 0.2) is 0 Å². The Bertz CT molecular complexity index is 308. The minimum atomic E-state index is -0.885. The van der Waals surface area contributed by atoms with E-state index in [0.717, 1.165) is 0 Å². The topological polar surface area (TPSA) is 75.6 Å². The molecule has 0 aromatic heterocycles. The van der Waals surface area contributed by atoms with Crippen molar-refractivity contribution in [2.24, 2.45) is 17.3 Å². The van der Waals surface area contributed by atoms with Crippen LogP contribution in [-0.4, -0.2) is 36.7 Å². The highest BCUT2D eigenvalue weighted by atomic mass is 16.5. The van der Waals surface area contributed by atoms with E-state index in [9.17, 15) is 9.59 Å². The fourth-order valence-corrected chi connectivity index (χ4v) is 1.83. The number of carbonyl (C=O) groups is 2. The molecule has 0 saturated heterocycles. The Balaban J connectivity index is 2.36. The number of carboxylic acids is 1. The molecule has 1 saturated carbocycles. The van der Waals surface area contributed by atoms with Crippen LogP contribution < -0.4 is 5.32 Å². The molecule has 0 bridgehead atoms. The van der Waals surface area contributed by atoms with Crippen molar-refractivity contribution in [2.45, 2.75) is 33.3 Å². The summed E-state index contributed by atoms with van der Waals surface area (Å²) in [6, 6.07) is 0. The molecular weight excluding hydrogens is 222 g/mol. The fourth-order valence-electron chi connectivity index (χ4n) is 1.83. The average Bonchev–Trinajstić information content (AvgIpc) is 2.95. The Morgan fingerprint density at radius 2 is 2.00 bits per heavy atom. The van der Waals surface area contributed by atoms with Crippen molar-refractivity contribution in [3.63, 3.8) is 0 Å². The Morgan fingerprint density at radius 1 is 1.41 bits per heavy atom. The maximum absolute atomic E-state index is 11.6. The molecule has 1 fully saturated rings. The van der Waals surface area contributed by atoms with E-state index < -0.39 is 11.9 Å². The van der Waals surface area contributed by atoms with Crippen molar-refractivity contribution in [2.75, 3.05) is 13.7 Å². The molecule has 5 nitrogen and oxygen atoms in total. The summed E-state index contributed by atoms with van der Waals surface area (Å²) < 4.78 is 5.31. The number of rotatable bonds is 5. The van der Waals surface area contributed by atoms with Gasteiger partial charge in [-0.15, -0.1) is 0 Å². The summed E-state index contributed by atoms with van der Waals surface area (Å²) in [5, 5.41) is 11.5. The van der Waals surface area contributed by atoms with Crippen LogP contribution in [0.5, 0.6) is 0 Å². The van der Waals surface area contributed by atoms with Gasteiger partial charge in [-0.3, -0.25) is 9.59 Å². The zero-order chi connectivity index (χ0) is 13.2. The minimum absolute atomic E-state index is 0.0578. The molecule has 0 aromatic carbocycles. The summed E-state index contributed by atoms with van der Waals surface area (Å²) in [7, 11) is 1.61. The Morgan fingerprint density at radius 3 is 2.35 bits per heavy atom. The number of methoxy groups -OCH3 is 1. The number of ether oxygens (including phenoxy) is 1. The summed E-state index contributed by atoms with van der Waals surface area (Å²) in [5.74, 6) is -1.91. The molecule has 0 aliphatic heterocycles. The first-order valence-electron chi connectivity index (χ1n) is 5.80. The molecule has 0 heterocycles. The van der Waals surface area contributed by atoms with Gasteiger partial charge >= 0.3 is 5.97 Å². The van der Waals surface area contributed by atoms with E-state index in [1.807, 2.05) is 20.8 Å². The predicted octanol–water partition coefficient (Wildman–Crippen LogP) is 0.884. The fraction of sp³-hybridized carbons (Fsp3) is 0.833. The lowest BCUT2D eigenvalue weighted by molar-refractivity contribution is -0.140. The van der Waals surface area contributed by atoms with Crippen LogP contribution in [0, 0.1) is 17.3 Å². The third-order valence-electron chi connectivity index (χ3n) is 3.16. The molecule has 1 amide bonds. The van der Waals surface area contributed by atoms with E-state index in [2.05, 4.69) is 5.32 Å². The van der Waals surface area contributed by atoms with Crippen molar-refractivity contribution >= 4 is 11.9 Å². The van der Waals surface area contributed by atoms with E-state index in [1.54, 1.807) is 7.11 Å². The van der Waals surface area contributed by atoms with Crippen molar-refractivity contribution in [3.8, 4) is 0 Å². The van der Waals surface area contributed by atoms with Gasteiger partial charge in [0.15, 0.2) is 0 Å². The van der Waals surface area contributed by atoms with Gasteiger partial charge in [-0.25, -0.2) is 0 Å². The summed E-state index contributed by atoms with van der Waals surface area (Å²) in [6.07, 6.45) is 0.377. The molecule has 1 rings (SSSR count). The lowest BCUT2D eigenvalue weighted by Gasteiger charge is -2.29. The summed E-state index contributed by atoms with van der Waals surface area (Å²) in [5.41, 5.74) is -0.0578. The quantitative estimate of drug-likeness (QED) is 0.751. The first-order chi connectivity index (χ1) is 7.77. The SMILES string of the molecule is CO[C@H](CNC(=O)[C@H]1C[C@@H]1C(=O)O)C(C)(C)C. The van der Waals surface area contributed by atoms with Crippen molar-refractivity contribution in [3.05, 3.63) is 0 Å². The van der Waals surface area contributed by atoms with E-state index in [-0.39, 0.29) is 23.3 Å². The molecule has 5 heteroatoms. The summed E-state index contributed by atoms with van der Waals surface area (Å²) in [6.45, 7) is 6.52. The third kappa shape index (κ3) is 3.70. The van der Waals surface area contributed by atoms with Crippen LogP contribution in [0.3, 0.4) is 0 Å². The molecular formula is C12H21NO4. The normalized spacial score (nSPS) is 25.2. The lowest BCUT2D eigenvalue weighted by atomic mass is 9.89. The Labute approximate surface area is 102 Å². The van der Waals surface area contributed by atoms with Crippen molar-refractivity contribution in [1.82, 2.24) is 5.32 Å². The molecule has 98 valence electrons. The van der Waals surface area contributed by atoms with Crippen molar-refractivity contribution < 1.29 is 19.4 Å². The van der Waals surface area contributed by atoms with Crippen LogP contribution in [0.1, 0.15) is 27.2 Å². The Hall–Kier alpha value is -1.10. The highest BCUT2D eigenvalue weighted by molar-refractivity contribution is 5.89. The summed E-state index contributed by atoms with van der Waals surface area (Å²) in [4.78, 5) is 22.3. The zero-order valence-electron chi connectivity index (χ0n) is 10.8. The first kappa shape index (κ1) is 14.0. The number of amides is 1. The lowest BCUT2D eigenvalue weighted by Crippen LogP contribution is -2.41. The van der Waals surface area contributed by atoms with Gasteiger partial charge in [-0.1, -0.05) is 20.8 Å². The highest BCUT2D eigenvalue weighted by Crippen LogP contribution is 2.38. The minimum Gasteiger partial charge on any atom is -0.481 e. The maximum atomic E-state index is 11.6. The van der Waals surface area contributed by atoms with E-state index >= 15 is 0 Å². The molecule has 1 aliphatic carbocycles. The van der Waals surface area contributed by atoms with Crippen LogP contribution in [0.4, 0.5) is 0 Å². The van der Waals surface area contributed by atoms with Crippen LogP contribution in [-0.2, 0) is 14.3 Å². The number of hydrogen-bond donors (Lipinski definition) is 2. The van der Waals surface area contributed by atoms with E-state index in [0.29, 0.717) is 13.0 Å². The standard InChI is InChI=1S/C12H21NO4/c1-12(2,3)9(17-4)6-13-10(14)7-5-8(7)11(15)16/h7-9H,5-6H2,1-4H3,(H,13,14)(H,15,16)/t7-,8-,9+/m0/s1. The number of hydrogen-bond acceptors (Lipinski definition) is 3. The van der Waals surface area contributed by atoms with Gasteiger partial charge in [0.2, 0.25) is 5.91 Å². The first-order valence-corrected chi connectivity index (χ1v) is 5.80. The second-order valence-corrected chi connectivity index (χ2v) is 5.62. The number of aliphatic carboxylic acids is 1. The molecule has 17 heavy (non-hydrogen) atoms. The van der Waals surface area contributed by atoms with E-state index in [1.165, 1.54) is 0 Å². The van der Waals surface area contributed by atoms with Gasteiger partial charge in [-0.2, -0.15) is 0 Å². The molecule has 0 spiro atoms. The van der Waals surface area contributed by atoms with Crippen LogP contribution in [0.25, 0.3) is 0 Å². The van der Waals surface area contributed by atoms with Crippen LogP contribution in [0.2, 0.25) is 0 Å². The van der Waals surface area contributed by atoms with E-state index in [4.69, 9.17) is 9.84 Å². The Kier molecular flexibility index (Phi) is 4.14. The second kappa shape index (κ2) is 5.04. The molecule has 1 aliphatic rings. The monoisotopic (exact) mass is 243 g/mol. The van der Waals surface area contributed by atoms with Gasteiger partial charge in [0.25, 0.3) is 0 Å². The van der Waals surface area contributed by atoms with Crippen molar-refractivity contribution in [1.29, 1.82) is 0 Å². The predicted molar refractivity (Wildman–Crippen MR) is 62.5 cm³/mol. The molecule has 0 radical (unpaired) electrons.